The van der Waals surface area contributed by atoms with Gasteiger partial charge in [0, 0.05) is 45.4 Å². The van der Waals surface area contributed by atoms with Gasteiger partial charge in [-0.05, 0) is 52.1 Å². The number of likely N-dealkylation sites (N-methyl/N-ethyl adjacent to an activating group) is 1. The second-order valence-corrected chi connectivity index (χ2v) is 7.87. The number of halogens is 1. The third-order valence-electron chi connectivity index (χ3n) is 5.46. The predicted molar refractivity (Wildman–Crippen MR) is 125 cm³/mol. The Hall–Kier alpha value is -0.120. The first-order chi connectivity index (χ1) is 12.7. The molecule has 0 aliphatic carbocycles. The number of piperidine rings is 1. The van der Waals surface area contributed by atoms with Crippen molar-refractivity contribution in [2.75, 3.05) is 66.1 Å². The SMILES string of the molecule is CCCCN(C)CCN=C(NCC)NC1CCN(CC2CCOC2)CC1.I. The second kappa shape index (κ2) is 14.8. The van der Waals surface area contributed by atoms with Crippen LogP contribution in [0.15, 0.2) is 4.99 Å². The van der Waals surface area contributed by atoms with E-state index in [4.69, 9.17) is 9.73 Å². The molecule has 0 radical (unpaired) electrons. The molecule has 1 unspecified atom stereocenters. The summed E-state index contributed by atoms with van der Waals surface area (Å²) in [5, 5.41) is 7.06. The van der Waals surface area contributed by atoms with E-state index in [1.54, 1.807) is 0 Å². The molecule has 2 heterocycles. The van der Waals surface area contributed by atoms with E-state index in [9.17, 15) is 0 Å². The molecule has 2 rings (SSSR count). The second-order valence-electron chi connectivity index (χ2n) is 7.87. The van der Waals surface area contributed by atoms with Crippen LogP contribution in [0.1, 0.15) is 46.0 Å². The molecule has 0 bridgehead atoms. The van der Waals surface area contributed by atoms with Crippen molar-refractivity contribution in [2.45, 2.75) is 52.0 Å². The van der Waals surface area contributed by atoms with Crippen molar-refractivity contribution < 1.29 is 4.74 Å². The van der Waals surface area contributed by atoms with E-state index in [-0.39, 0.29) is 24.0 Å². The van der Waals surface area contributed by atoms with E-state index in [0.29, 0.717) is 6.04 Å². The highest BCUT2D eigenvalue weighted by atomic mass is 127. The molecule has 0 spiro atoms. The molecule has 0 amide bonds. The topological polar surface area (TPSA) is 52.1 Å². The summed E-state index contributed by atoms with van der Waals surface area (Å²) in [7, 11) is 2.19. The summed E-state index contributed by atoms with van der Waals surface area (Å²) in [5.41, 5.74) is 0. The van der Waals surface area contributed by atoms with E-state index in [0.717, 1.165) is 44.7 Å². The van der Waals surface area contributed by atoms with Gasteiger partial charge in [-0.25, -0.2) is 0 Å². The largest absolute Gasteiger partial charge is 0.381 e. The van der Waals surface area contributed by atoms with Crippen molar-refractivity contribution >= 4 is 29.9 Å². The van der Waals surface area contributed by atoms with Crippen molar-refractivity contribution in [2.24, 2.45) is 10.9 Å². The molecule has 2 saturated heterocycles. The summed E-state index contributed by atoms with van der Waals surface area (Å²) >= 11 is 0. The Kier molecular flexibility index (Phi) is 13.7. The summed E-state index contributed by atoms with van der Waals surface area (Å²) in [4.78, 5) is 9.77. The van der Waals surface area contributed by atoms with Gasteiger partial charge in [-0.1, -0.05) is 13.3 Å². The van der Waals surface area contributed by atoms with Crippen LogP contribution in [0, 0.1) is 5.92 Å². The summed E-state index contributed by atoms with van der Waals surface area (Å²) in [5.74, 6) is 1.74. The van der Waals surface area contributed by atoms with Crippen LogP contribution in [0.4, 0.5) is 0 Å². The molecule has 0 saturated carbocycles. The molecular weight excluding hydrogens is 453 g/mol. The number of nitrogens with zero attached hydrogens (tertiary/aromatic N) is 3. The fourth-order valence-electron chi connectivity index (χ4n) is 3.74. The number of rotatable bonds is 10. The van der Waals surface area contributed by atoms with Gasteiger partial charge in [-0.2, -0.15) is 0 Å². The molecule has 160 valence electrons. The number of nitrogens with one attached hydrogen (secondary N) is 2. The molecule has 2 aliphatic rings. The van der Waals surface area contributed by atoms with Gasteiger partial charge in [0.25, 0.3) is 0 Å². The third kappa shape index (κ3) is 10.3. The lowest BCUT2D eigenvalue weighted by atomic mass is 10.0. The molecule has 1 atom stereocenters. The minimum atomic E-state index is 0. The maximum Gasteiger partial charge on any atom is 0.191 e. The molecule has 0 aromatic heterocycles. The van der Waals surface area contributed by atoms with Crippen LogP contribution >= 0.6 is 24.0 Å². The summed E-state index contributed by atoms with van der Waals surface area (Å²) in [6.07, 6.45) is 6.17. The molecule has 7 heteroatoms. The Morgan fingerprint density at radius 2 is 1.96 bits per heavy atom. The van der Waals surface area contributed by atoms with Crippen molar-refractivity contribution in [3.05, 3.63) is 0 Å². The number of ether oxygens (including phenoxy) is 1. The number of unbranched alkanes of at least 4 members (excludes halogenated alkanes) is 1. The molecule has 2 N–H and O–H groups in total. The molecule has 27 heavy (non-hydrogen) atoms. The Morgan fingerprint density at radius 3 is 2.59 bits per heavy atom. The minimum absolute atomic E-state index is 0. The number of likely N-dealkylation sites (tertiary alicyclic amines) is 1. The zero-order chi connectivity index (χ0) is 18.6. The number of aliphatic imine (C=N–C) groups is 1. The average molecular weight is 495 g/mol. The van der Waals surface area contributed by atoms with Gasteiger partial charge in [-0.3, -0.25) is 4.99 Å². The molecular formula is C20H42IN5O. The van der Waals surface area contributed by atoms with Gasteiger partial charge in [0.05, 0.1) is 13.2 Å². The highest BCUT2D eigenvalue weighted by Crippen LogP contribution is 2.17. The van der Waals surface area contributed by atoms with Gasteiger partial charge in [0.2, 0.25) is 0 Å². The predicted octanol–water partition coefficient (Wildman–Crippen LogP) is 2.39. The molecule has 0 aromatic rings. The van der Waals surface area contributed by atoms with Crippen LogP contribution in [0.25, 0.3) is 0 Å². The minimum Gasteiger partial charge on any atom is -0.381 e. The first-order valence-corrected chi connectivity index (χ1v) is 10.7. The van der Waals surface area contributed by atoms with Crippen LogP contribution in [0.5, 0.6) is 0 Å². The van der Waals surface area contributed by atoms with Crippen molar-refractivity contribution in [1.82, 2.24) is 20.4 Å². The lowest BCUT2D eigenvalue weighted by Gasteiger charge is -2.34. The first-order valence-electron chi connectivity index (χ1n) is 10.7. The normalized spacial score (nSPS) is 22.1. The number of hydrogen-bond acceptors (Lipinski definition) is 4. The lowest BCUT2D eigenvalue weighted by Crippen LogP contribution is -2.49. The maximum absolute atomic E-state index is 5.51. The zero-order valence-corrected chi connectivity index (χ0v) is 20.0. The van der Waals surface area contributed by atoms with Gasteiger partial charge < -0.3 is 25.2 Å². The Labute approximate surface area is 183 Å². The van der Waals surface area contributed by atoms with Crippen molar-refractivity contribution in [1.29, 1.82) is 0 Å². The Morgan fingerprint density at radius 1 is 1.19 bits per heavy atom. The van der Waals surface area contributed by atoms with E-state index in [1.807, 2.05) is 0 Å². The highest BCUT2D eigenvalue weighted by Gasteiger charge is 2.24. The van der Waals surface area contributed by atoms with E-state index in [1.165, 1.54) is 58.3 Å². The van der Waals surface area contributed by atoms with Gasteiger partial charge in [0.15, 0.2) is 5.96 Å². The third-order valence-corrected chi connectivity index (χ3v) is 5.46. The van der Waals surface area contributed by atoms with E-state index in [2.05, 4.69) is 41.3 Å². The van der Waals surface area contributed by atoms with Crippen LogP contribution in [0.3, 0.4) is 0 Å². The quantitative estimate of drug-likeness (QED) is 0.277. The first kappa shape index (κ1) is 24.9. The average Bonchev–Trinajstić information content (AvgIpc) is 3.15. The van der Waals surface area contributed by atoms with Gasteiger partial charge in [-0.15, -0.1) is 24.0 Å². The number of hydrogen-bond donors (Lipinski definition) is 2. The van der Waals surface area contributed by atoms with Crippen LogP contribution in [0.2, 0.25) is 0 Å². The smallest absolute Gasteiger partial charge is 0.191 e. The standard InChI is InChI=1S/C20H41N5O.HI/c1-4-6-11-24(3)14-10-22-20(21-5-2)23-19-7-12-25(13-8-19)16-18-9-15-26-17-18;/h18-19H,4-17H2,1-3H3,(H2,21,22,23);1H. The Bertz CT molecular complexity index is 396. The highest BCUT2D eigenvalue weighted by molar-refractivity contribution is 14.0. The zero-order valence-electron chi connectivity index (χ0n) is 17.7. The Balaban J connectivity index is 0.00000364. The molecule has 2 fully saturated rings. The van der Waals surface area contributed by atoms with Gasteiger partial charge in [0.1, 0.15) is 0 Å². The summed E-state index contributed by atoms with van der Waals surface area (Å²) in [6.45, 7) is 13.8. The maximum atomic E-state index is 5.51. The molecule has 6 nitrogen and oxygen atoms in total. The van der Waals surface area contributed by atoms with Gasteiger partial charge >= 0.3 is 0 Å². The van der Waals surface area contributed by atoms with Crippen LogP contribution in [-0.4, -0.2) is 87.9 Å². The summed E-state index contributed by atoms with van der Waals surface area (Å²) < 4.78 is 5.51. The van der Waals surface area contributed by atoms with Crippen LogP contribution in [-0.2, 0) is 4.74 Å². The van der Waals surface area contributed by atoms with E-state index < -0.39 is 0 Å². The fraction of sp³-hybridized carbons (Fsp3) is 0.950. The lowest BCUT2D eigenvalue weighted by molar-refractivity contribution is 0.150. The van der Waals surface area contributed by atoms with Crippen molar-refractivity contribution in [3.8, 4) is 0 Å². The van der Waals surface area contributed by atoms with E-state index >= 15 is 0 Å². The van der Waals surface area contributed by atoms with Crippen LogP contribution < -0.4 is 10.6 Å². The summed E-state index contributed by atoms with van der Waals surface area (Å²) in [6, 6.07) is 0.543. The number of guanidine groups is 1. The van der Waals surface area contributed by atoms with Crippen molar-refractivity contribution in [3.63, 3.8) is 0 Å². The fourth-order valence-corrected chi connectivity index (χ4v) is 3.74. The monoisotopic (exact) mass is 495 g/mol. The molecule has 0 aromatic carbocycles. The molecule has 2 aliphatic heterocycles.